The van der Waals surface area contributed by atoms with Crippen molar-refractivity contribution < 1.29 is 9.53 Å². The Morgan fingerprint density at radius 3 is 2.88 bits per heavy atom. The van der Waals surface area contributed by atoms with Crippen molar-refractivity contribution >= 4 is 50.0 Å². The number of aromatic nitrogens is 3. The summed E-state index contributed by atoms with van der Waals surface area (Å²) >= 11 is 1.51. The lowest BCUT2D eigenvalue weighted by Gasteiger charge is -2.10. The number of hydrogen-bond acceptors (Lipinski definition) is 7. The molecule has 0 spiro atoms. The van der Waals surface area contributed by atoms with Crippen molar-refractivity contribution in [1.82, 2.24) is 20.3 Å². The highest BCUT2D eigenvalue weighted by molar-refractivity contribution is 7.21. The van der Waals surface area contributed by atoms with Gasteiger partial charge in [-0.1, -0.05) is 6.08 Å². The second-order valence-corrected chi connectivity index (χ2v) is 9.05. The van der Waals surface area contributed by atoms with Crippen LogP contribution in [0.3, 0.4) is 0 Å². The molecule has 1 atom stereocenters. The van der Waals surface area contributed by atoms with Gasteiger partial charge in [0.25, 0.3) is 5.91 Å². The van der Waals surface area contributed by atoms with Crippen LogP contribution in [0.25, 0.3) is 38.5 Å². The van der Waals surface area contributed by atoms with Gasteiger partial charge in [0.2, 0.25) is 0 Å². The molecule has 168 valence electrons. The number of thiophene rings is 1. The molecule has 3 aromatic heterocycles. The number of amides is 1. The van der Waals surface area contributed by atoms with Gasteiger partial charge in [-0.05, 0) is 57.2 Å². The van der Waals surface area contributed by atoms with Crippen molar-refractivity contribution in [1.29, 1.82) is 0 Å². The predicted molar refractivity (Wildman–Crippen MR) is 134 cm³/mol. The van der Waals surface area contributed by atoms with Crippen LogP contribution in [0.4, 0.5) is 5.69 Å². The first-order valence-electron chi connectivity index (χ1n) is 11.1. The molecule has 33 heavy (non-hydrogen) atoms. The van der Waals surface area contributed by atoms with Gasteiger partial charge in [-0.2, -0.15) is 0 Å². The number of ether oxygens (including phenoxy) is 1. The molecule has 4 heterocycles. The number of rotatable bonds is 5. The number of anilines is 1. The van der Waals surface area contributed by atoms with Gasteiger partial charge < -0.3 is 15.4 Å². The molecule has 0 unspecified atom stereocenters. The molecule has 1 amide bonds. The quantitative estimate of drug-likeness (QED) is 0.436. The molecule has 7 nitrogen and oxygen atoms in total. The van der Waals surface area contributed by atoms with Crippen molar-refractivity contribution in [2.75, 3.05) is 18.5 Å². The van der Waals surface area contributed by atoms with Crippen LogP contribution in [0.1, 0.15) is 42.0 Å². The second kappa shape index (κ2) is 8.88. The van der Waals surface area contributed by atoms with Crippen LogP contribution in [0, 0.1) is 0 Å². The molecule has 1 aliphatic heterocycles. The fourth-order valence-corrected chi connectivity index (χ4v) is 5.13. The molecule has 0 saturated heterocycles. The summed E-state index contributed by atoms with van der Waals surface area (Å²) in [6.07, 6.45) is 3.90. The van der Waals surface area contributed by atoms with Crippen molar-refractivity contribution in [2.24, 2.45) is 0 Å². The fourth-order valence-electron chi connectivity index (χ4n) is 4.03. The molecule has 0 saturated carbocycles. The number of carbonyl (C=O) groups is 1. The largest absolute Gasteiger partial charge is 0.381 e. The molecular weight excluding hydrogens is 434 g/mol. The minimum Gasteiger partial charge on any atom is -0.381 e. The molecule has 0 bridgehead atoms. The third-order valence-corrected chi connectivity index (χ3v) is 6.67. The van der Waals surface area contributed by atoms with E-state index in [0.29, 0.717) is 25.6 Å². The zero-order chi connectivity index (χ0) is 22.9. The summed E-state index contributed by atoms with van der Waals surface area (Å²) in [5.41, 5.74) is 4.10. The van der Waals surface area contributed by atoms with E-state index in [4.69, 9.17) is 9.72 Å². The van der Waals surface area contributed by atoms with Crippen molar-refractivity contribution in [3.63, 3.8) is 0 Å². The van der Waals surface area contributed by atoms with Crippen LogP contribution in [0.2, 0.25) is 0 Å². The summed E-state index contributed by atoms with van der Waals surface area (Å²) in [6.45, 7) is 7.56. The van der Waals surface area contributed by atoms with Gasteiger partial charge in [0.05, 0.1) is 28.3 Å². The summed E-state index contributed by atoms with van der Waals surface area (Å²) in [6, 6.07) is 10.1. The normalized spacial score (nSPS) is 16.1. The Hall–Kier alpha value is -3.36. The molecule has 1 aromatic carbocycles. The van der Waals surface area contributed by atoms with E-state index in [1.54, 1.807) is 0 Å². The maximum Gasteiger partial charge on any atom is 0.263 e. The van der Waals surface area contributed by atoms with Gasteiger partial charge in [0.1, 0.15) is 11.5 Å². The summed E-state index contributed by atoms with van der Waals surface area (Å²) in [7, 11) is 0. The number of benzene rings is 1. The Morgan fingerprint density at radius 2 is 2.06 bits per heavy atom. The topological polar surface area (TPSA) is 89.0 Å². The van der Waals surface area contributed by atoms with Crippen molar-refractivity contribution in [2.45, 2.75) is 33.4 Å². The summed E-state index contributed by atoms with van der Waals surface area (Å²) in [5.74, 6) is 0.605. The minimum atomic E-state index is -0.0271. The Balaban J connectivity index is 1.63. The van der Waals surface area contributed by atoms with E-state index >= 15 is 0 Å². The first-order valence-corrected chi connectivity index (χ1v) is 11.9. The van der Waals surface area contributed by atoms with Crippen LogP contribution in [0.15, 0.2) is 36.4 Å². The lowest BCUT2D eigenvalue weighted by Crippen LogP contribution is -2.34. The van der Waals surface area contributed by atoms with Crippen molar-refractivity contribution in [3.05, 3.63) is 52.8 Å². The van der Waals surface area contributed by atoms with E-state index in [1.165, 1.54) is 11.3 Å². The zero-order valence-electron chi connectivity index (χ0n) is 18.8. The molecular formula is C25H25N5O2S. The molecule has 4 aromatic rings. The third kappa shape index (κ3) is 4.07. The zero-order valence-corrected chi connectivity index (χ0v) is 19.6. The SMILES string of the molecule is C/C=C/c1cc(-c2ccc3c(ccc4sc5c(c43)NC[C@@H](C)NC5=O)n2)nc(COCC)n1. The standard InChI is InChI=1S/C25H25N5O2S/c1-4-6-15-11-19(30-21(28-15)13-32-5-2)18-8-7-16-17(29-18)9-10-20-22(16)23-24(33-20)25(31)27-14(3)12-26-23/h4,6-11,14,26H,5,12-13H2,1-3H3,(H,27,31)/b6-4+/t14-/m1/s1. The lowest BCUT2D eigenvalue weighted by molar-refractivity contribution is 0.0949. The number of fused-ring (bicyclic) bond motifs is 5. The summed E-state index contributed by atoms with van der Waals surface area (Å²) in [5, 5.41) is 8.57. The fraction of sp³-hybridized carbons (Fsp3) is 0.280. The number of allylic oxidation sites excluding steroid dienone is 1. The third-order valence-electron chi connectivity index (χ3n) is 5.52. The van der Waals surface area contributed by atoms with E-state index in [0.717, 1.165) is 48.6 Å². The van der Waals surface area contributed by atoms with Crippen LogP contribution in [-0.2, 0) is 11.3 Å². The van der Waals surface area contributed by atoms with Gasteiger partial charge in [-0.15, -0.1) is 11.3 Å². The Morgan fingerprint density at radius 1 is 1.18 bits per heavy atom. The minimum absolute atomic E-state index is 0.0271. The highest BCUT2D eigenvalue weighted by Crippen LogP contribution is 2.41. The maximum absolute atomic E-state index is 12.7. The summed E-state index contributed by atoms with van der Waals surface area (Å²) in [4.78, 5) is 27.6. The highest BCUT2D eigenvalue weighted by atomic mass is 32.1. The molecule has 0 aliphatic carbocycles. The van der Waals surface area contributed by atoms with E-state index in [1.807, 2.05) is 57.2 Å². The average molecular weight is 460 g/mol. The lowest BCUT2D eigenvalue weighted by atomic mass is 10.1. The maximum atomic E-state index is 12.7. The Bertz CT molecular complexity index is 1390. The van der Waals surface area contributed by atoms with Gasteiger partial charge in [0, 0.05) is 34.7 Å². The van der Waals surface area contributed by atoms with E-state index < -0.39 is 0 Å². The highest BCUT2D eigenvalue weighted by Gasteiger charge is 2.24. The smallest absolute Gasteiger partial charge is 0.263 e. The van der Waals surface area contributed by atoms with Gasteiger partial charge >= 0.3 is 0 Å². The van der Waals surface area contributed by atoms with E-state index in [9.17, 15) is 4.79 Å². The molecule has 0 fully saturated rings. The van der Waals surface area contributed by atoms with Crippen molar-refractivity contribution in [3.8, 4) is 11.4 Å². The van der Waals surface area contributed by atoms with Crippen LogP contribution in [0.5, 0.6) is 0 Å². The van der Waals surface area contributed by atoms with Crippen LogP contribution in [-0.4, -0.2) is 40.1 Å². The monoisotopic (exact) mass is 459 g/mol. The van der Waals surface area contributed by atoms with Crippen LogP contribution >= 0.6 is 11.3 Å². The number of carbonyl (C=O) groups excluding carboxylic acids is 1. The molecule has 0 radical (unpaired) electrons. The second-order valence-electron chi connectivity index (χ2n) is 7.99. The van der Waals surface area contributed by atoms with E-state index in [-0.39, 0.29) is 11.9 Å². The molecule has 2 N–H and O–H groups in total. The van der Waals surface area contributed by atoms with Crippen LogP contribution < -0.4 is 10.6 Å². The first-order chi connectivity index (χ1) is 16.1. The molecule has 8 heteroatoms. The number of nitrogens with zero attached hydrogens (tertiary/aromatic N) is 3. The number of nitrogens with one attached hydrogen (secondary N) is 2. The van der Waals surface area contributed by atoms with Gasteiger partial charge in [-0.3, -0.25) is 4.79 Å². The number of hydrogen-bond donors (Lipinski definition) is 2. The molecule has 5 rings (SSSR count). The first kappa shape index (κ1) is 21.5. The van der Waals surface area contributed by atoms with Gasteiger partial charge in [0.15, 0.2) is 5.82 Å². The number of pyridine rings is 1. The average Bonchev–Trinajstić information content (AvgIpc) is 3.14. The summed E-state index contributed by atoms with van der Waals surface area (Å²) < 4.78 is 6.59. The Kier molecular flexibility index (Phi) is 5.78. The molecule has 1 aliphatic rings. The van der Waals surface area contributed by atoms with E-state index in [2.05, 4.69) is 26.7 Å². The Labute approximate surface area is 195 Å². The predicted octanol–water partition coefficient (Wildman–Crippen LogP) is 5.02. The van der Waals surface area contributed by atoms with Gasteiger partial charge in [-0.25, -0.2) is 15.0 Å².